The van der Waals surface area contributed by atoms with Crippen LogP contribution in [0.15, 0.2) is 42.7 Å². The molecule has 1 atom stereocenters. The molecule has 1 aliphatic heterocycles. The first-order chi connectivity index (χ1) is 11.3. The predicted molar refractivity (Wildman–Crippen MR) is 91.8 cm³/mol. The van der Waals surface area contributed by atoms with Crippen LogP contribution in [0.4, 0.5) is 11.4 Å². The number of benzene rings is 1. The Labute approximate surface area is 137 Å². The van der Waals surface area contributed by atoms with E-state index in [0.29, 0.717) is 13.1 Å². The van der Waals surface area contributed by atoms with Crippen molar-refractivity contribution in [2.24, 2.45) is 5.92 Å². The van der Waals surface area contributed by atoms with Crippen molar-refractivity contribution in [3.63, 3.8) is 0 Å². The van der Waals surface area contributed by atoms with Crippen molar-refractivity contribution in [1.82, 2.24) is 9.78 Å². The molecule has 1 N–H and O–H groups in total. The predicted octanol–water partition coefficient (Wildman–Crippen LogP) is 1.98. The molecule has 4 rings (SSSR count). The van der Waals surface area contributed by atoms with E-state index in [4.69, 9.17) is 0 Å². The smallest absolute Gasteiger partial charge is 0.0910 e. The average Bonchev–Trinajstić information content (AvgIpc) is 3.24. The number of hydrogen-bond acceptors (Lipinski definition) is 4. The summed E-state index contributed by atoms with van der Waals surface area (Å²) in [6, 6.07) is 10.5. The van der Waals surface area contributed by atoms with E-state index in [1.54, 1.807) is 10.9 Å². The third-order valence-electron chi connectivity index (χ3n) is 4.77. The first-order valence-corrected chi connectivity index (χ1v) is 8.54. The van der Waals surface area contributed by atoms with Crippen molar-refractivity contribution in [3.05, 3.63) is 42.7 Å². The number of rotatable bonds is 6. The molecule has 1 aromatic heterocycles. The van der Waals surface area contributed by atoms with Crippen LogP contribution in [0, 0.1) is 5.92 Å². The second-order valence-corrected chi connectivity index (χ2v) is 6.71. The fourth-order valence-electron chi connectivity index (χ4n) is 3.41. The van der Waals surface area contributed by atoms with Gasteiger partial charge < -0.3 is 14.9 Å². The quantitative estimate of drug-likeness (QED) is 0.886. The molecule has 5 heteroatoms. The van der Waals surface area contributed by atoms with Gasteiger partial charge in [-0.05, 0) is 37.0 Å². The molecule has 2 heterocycles. The molecule has 1 fully saturated rings. The number of aliphatic hydroxyl groups excluding tert-OH is 1. The van der Waals surface area contributed by atoms with Gasteiger partial charge in [-0.1, -0.05) is 12.1 Å². The second kappa shape index (κ2) is 6.24. The van der Waals surface area contributed by atoms with Gasteiger partial charge in [-0.25, -0.2) is 0 Å². The summed E-state index contributed by atoms with van der Waals surface area (Å²) in [6.07, 6.45) is 5.98. The molecular formula is C18H24N4O. The van der Waals surface area contributed by atoms with E-state index >= 15 is 0 Å². The summed E-state index contributed by atoms with van der Waals surface area (Å²) < 4.78 is 1.79. The highest BCUT2D eigenvalue weighted by molar-refractivity contribution is 5.73. The molecule has 0 amide bonds. The largest absolute Gasteiger partial charge is 0.389 e. The number of aliphatic hydroxyl groups is 1. The zero-order valence-electron chi connectivity index (χ0n) is 13.4. The highest BCUT2D eigenvalue weighted by atomic mass is 16.3. The van der Waals surface area contributed by atoms with Crippen molar-refractivity contribution in [3.8, 4) is 0 Å². The van der Waals surface area contributed by atoms with Crippen molar-refractivity contribution < 1.29 is 5.11 Å². The number of nitrogens with zero attached hydrogens (tertiary/aromatic N) is 4. The Morgan fingerprint density at radius 3 is 2.48 bits per heavy atom. The van der Waals surface area contributed by atoms with Crippen LogP contribution in [0.3, 0.4) is 0 Å². The van der Waals surface area contributed by atoms with E-state index in [2.05, 4.69) is 39.2 Å². The van der Waals surface area contributed by atoms with Crippen LogP contribution in [-0.4, -0.2) is 47.2 Å². The zero-order valence-corrected chi connectivity index (χ0v) is 13.4. The Morgan fingerprint density at radius 2 is 1.78 bits per heavy atom. The van der Waals surface area contributed by atoms with E-state index in [1.807, 2.05) is 12.3 Å². The summed E-state index contributed by atoms with van der Waals surface area (Å²) in [7, 11) is 0. The fourth-order valence-corrected chi connectivity index (χ4v) is 3.41. The third-order valence-corrected chi connectivity index (χ3v) is 4.77. The minimum absolute atomic E-state index is 0.419. The lowest BCUT2D eigenvalue weighted by atomic mass is 10.1. The Balaban J connectivity index is 1.46. The van der Waals surface area contributed by atoms with Crippen LogP contribution >= 0.6 is 0 Å². The highest BCUT2D eigenvalue weighted by Gasteiger charge is 2.29. The van der Waals surface area contributed by atoms with Gasteiger partial charge in [0, 0.05) is 38.6 Å². The normalized spacial score (nSPS) is 18.8. The molecule has 1 unspecified atom stereocenters. The lowest BCUT2D eigenvalue weighted by molar-refractivity contribution is 0.154. The van der Waals surface area contributed by atoms with Crippen LogP contribution in [0.2, 0.25) is 0 Å². The maximum absolute atomic E-state index is 10.4. The summed E-state index contributed by atoms with van der Waals surface area (Å²) in [5, 5.41) is 14.6. The Kier molecular flexibility index (Phi) is 3.95. The maximum Gasteiger partial charge on any atom is 0.0910 e. The Hall–Kier alpha value is -2.01. The number of β-amino-alcohol motifs (C(OH)–C–C–N with tert-alkyl or cyclic N) is 1. The summed E-state index contributed by atoms with van der Waals surface area (Å²) in [4.78, 5) is 4.83. The average molecular weight is 312 g/mol. The number of para-hydroxylation sites is 2. The lowest BCUT2D eigenvalue weighted by Crippen LogP contribution is -2.45. The van der Waals surface area contributed by atoms with Crippen molar-refractivity contribution >= 4 is 11.4 Å². The van der Waals surface area contributed by atoms with E-state index in [1.165, 1.54) is 30.8 Å². The number of hydrogen-bond donors (Lipinski definition) is 1. The van der Waals surface area contributed by atoms with Crippen LogP contribution in [0.25, 0.3) is 0 Å². The van der Waals surface area contributed by atoms with E-state index < -0.39 is 6.10 Å². The number of aromatic nitrogens is 2. The standard InChI is InChI=1S/C18H24N4O/c23-16(14-22-9-3-8-19-22)13-21-11-10-20(12-15-6-7-15)17-4-1-2-5-18(17)21/h1-5,8-9,15-16,23H,6-7,10-14H2. The number of anilines is 2. The summed E-state index contributed by atoms with van der Waals surface area (Å²) in [5.74, 6) is 0.889. The maximum atomic E-state index is 10.4. The first kappa shape index (κ1) is 14.6. The Morgan fingerprint density at radius 1 is 1.04 bits per heavy atom. The van der Waals surface area contributed by atoms with E-state index in [0.717, 1.165) is 19.0 Å². The Bertz CT molecular complexity index is 638. The van der Waals surface area contributed by atoms with Gasteiger partial charge in [0.1, 0.15) is 0 Å². The SMILES string of the molecule is OC(CN1CCN(CC2CC2)c2ccccc21)Cn1cccn1. The summed E-state index contributed by atoms with van der Waals surface area (Å²) in [6.45, 7) is 4.38. The monoisotopic (exact) mass is 312 g/mol. The van der Waals surface area contributed by atoms with E-state index in [-0.39, 0.29) is 0 Å². The highest BCUT2D eigenvalue weighted by Crippen LogP contribution is 2.37. The molecule has 122 valence electrons. The minimum Gasteiger partial charge on any atom is -0.389 e. The van der Waals surface area contributed by atoms with Crippen LogP contribution < -0.4 is 9.80 Å². The van der Waals surface area contributed by atoms with Crippen molar-refractivity contribution in [1.29, 1.82) is 0 Å². The summed E-state index contributed by atoms with van der Waals surface area (Å²) >= 11 is 0. The van der Waals surface area contributed by atoms with Crippen molar-refractivity contribution in [2.45, 2.75) is 25.5 Å². The molecule has 1 saturated carbocycles. The number of fused-ring (bicyclic) bond motifs is 1. The van der Waals surface area contributed by atoms with Gasteiger partial charge in [-0.2, -0.15) is 5.10 Å². The van der Waals surface area contributed by atoms with Crippen LogP contribution in [0.5, 0.6) is 0 Å². The van der Waals surface area contributed by atoms with Gasteiger partial charge in [-0.3, -0.25) is 4.68 Å². The molecule has 2 aromatic rings. The first-order valence-electron chi connectivity index (χ1n) is 8.54. The second-order valence-electron chi connectivity index (χ2n) is 6.71. The van der Waals surface area contributed by atoms with Gasteiger partial charge in [0.15, 0.2) is 0 Å². The van der Waals surface area contributed by atoms with Gasteiger partial charge in [0.05, 0.1) is 24.0 Å². The van der Waals surface area contributed by atoms with E-state index in [9.17, 15) is 5.11 Å². The zero-order chi connectivity index (χ0) is 15.6. The molecule has 1 aliphatic carbocycles. The van der Waals surface area contributed by atoms with Crippen LogP contribution in [-0.2, 0) is 6.54 Å². The molecule has 0 radical (unpaired) electrons. The molecule has 0 bridgehead atoms. The summed E-state index contributed by atoms with van der Waals surface area (Å²) in [5.41, 5.74) is 2.57. The third kappa shape index (κ3) is 3.34. The topological polar surface area (TPSA) is 44.5 Å². The van der Waals surface area contributed by atoms with Crippen LogP contribution in [0.1, 0.15) is 12.8 Å². The molecular weight excluding hydrogens is 288 g/mol. The minimum atomic E-state index is -0.419. The van der Waals surface area contributed by atoms with Crippen molar-refractivity contribution in [2.75, 3.05) is 36.0 Å². The molecule has 2 aliphatic rings. The molecule has 23 heavy (non-hydrogen) atoms. The molecule has 5 nitrogen and oxygen atoms in total. The van der Waals surface area contributed by atoms with Gasteiger partial charge in [0.25, 0.3) is 0 Å². The molecule has 1 aromatic carbocycles. The van der Waals surface area contributed by atoms with Gasteiger partial charge in [0.2, 0.25) is 0 Å². The molecule has 0 spiro atoms. The van der Waals surface area contributed by atoms with Gasteiger partial charge in [-0.15, -0.1) is 0 Å². The molecule has 0 saturated heterocycles. The van der Waals surface area contributed by atoms with Gasteiger partial charge >= 0.3 is 0 Å². The lowest BCUT2D eigenvalue weighted by Gasteiger charge is -2.39. The fraction of sp³-hybridized carbons (Fsp3) is 0.500.